The number of fused-ring (bicyclic) bond motifs is 1. The fourth-order valence-corrected chi connectivity index (χ4v) is 1.92. The summed E-state index contributed by atoms with van der Waals surface area (Å²) in [5.74, 6) is 0.320. The number of hydrogen-bond acceptors (Lipinski definition) is 4. The number of benzene rings is 1. The highest BCUT2D eigenvalue weighted by Gasteiger charge is 2.09. The first-order valence-corrected chi connectivity index (χ1v) is 6.84. The number of hydrogen-bond donors (Lipinski definition) is 1. The van der Waals surface area contributed by atoms with Gasteiger partial charge in [0.2, 0.25) is 0 Å². The van der Waals surface area contributed by atoms with E-state index in [0.717, 1.165) is 11.0 Å². The average Bonchev–Trinajstić information content (AvgIpc) is 2.85. The third-order valence-electron chi connectivity index (χ3n) is 2.98. The van der Waals surface area contributed by atoms with E-state index in [2.05, 4.69) is 16.5 Å². The largest absolute Gasteiger partial charge is 0.462 e. The number of para-hydroxylation sites is 2. The molecule has 110 valence electrons. The van der Waals surface area contributed by atoms with Crippen molar-refractivity contribution in [1.29, 1.82) is 0 Å². The van der Waals surface area contributed by atoms with Crippen LogP contribution in [-0.4, -0.2) is 28.3 Å². The van der Waals surface area contributed by atoms with Gasteiger partial charge < -0.3 is 9.72 Å². The van der Waals surface area contributed by atoms with Gasteiger partial charge in [0.1, 0.15) is 11.6 Å². The number of H-pyrrole nitrogens is 1. The highest BCUT2D eigenvalue weighted by atomic mass is 16.5. The van der Waals surface area contributed by atoms with Crippen molar-refractivity contribution < 1.29 is 14.3 Å². The molecule has 1 aromatic carbocycles. The number of imidazole rings is 1. The van der Waals surface area contributed by atoms with E-state index in [4.69, 9.17) is 4.74 Å². The maximum Gasteiger partial charge on any atom is 0.333 e. The molecular weight excluding hydrogens is 268 g/mol. The van der Waals surface area contributed by atoms with Crippen LogP contribution in [0.5, 0.6) is 0 Å². The molecule has 0 fully saturated rings. The van der Waals surface area contributed by atoms with Crippen LogP contribution < -0.4 is 0 Å². The van der Waals surface area contributed by atoms with Crippen molar-refractivity contribution in [3.63, 3.8) is 0 Å². The molecule has 0 aliphatic rings. The van der Waals surface area contributed by atoms with Crippen LogP contribution in [0.2, 0.25) is 0 Å². The molecule has 2 aromatic rings. The number of ketones is 1. The van der Waals surface area contributed by atoms with Crippen LogP contribution in [-0.2, 0) is 20.7 Å². The summed E-state index contributed by atoms with van der Waals surface area (Å²) < 4.78 is 4.94. The third kappa shape index (κ3) is 4.27. The zero-order chi connectivity index (χ0) is 15.2. The molecule has 0 bridgehead atoms. The molecule has 5 heteroatoms. The molecule has 0 saturated carbocycles. The first-order valence-electron chi connectivity index (χ1n) is 6.84. The lowest BCUT2D eigenvalue weighted by Crippen LogP contribution is -2.09. The van der Waals surface area contributed by atoms with E-state index in [-0.39, 0.29) is 18.8 Å². The molecule has 5 nitrogen and oxygen atoms in total. The predicted octanol–water partition coefficient (Wildman–Crippen LogP) is 2.57. The van der Waals surface area contributed by atoms with Gasteiger partial charge in [-0.05, 0) is 25.5 Å². The average molecular weight is 286 g/mol. The highest BCUT2D eigenvalue weighted by Crippen LogP contribution is 2.11. The standard InChI is InChI=1S/C16H18N2O3/c1-11(2)16(20)21-9-5-6-12(19)10-15-17-13-7-3-4-8-14(13)18-15/h3-4,7-8H,1,5-6,9-10H2,2H3,(H,17,18). The van der Waals surface area contributed by atoms with E-state index in [0.29, 0.717) is 24.2 Å². The number of Topliss-reactive ketones (excluding diaryl/α,β-unsaturated/α-hetero) is 1. The van der Waals surface area contributed by atoms with Crippen LogP contribution in [0.15, 0.2) is 36.4 Å². The molecule has 2 rings (SSSR count). The maximum atomic E-state index is 11.8. The molecule has 21 heavy (non-hydrogen) atoms. The van der Waals surface area contributed by atoms with Crippen LogP contribution in [0.1, 0.15) is 25.6 Å². The predicted molar refractivity (Wildman–Crippen MR) is 79.8 cm³/mol. The normalized spacial score (nSPS) is 10.5. The number of esters is 1. The fraction of sp³-hybridized carbons (Fsp3) is 0.312. The smallest absolute Gasteiger partial charge is 0.333 e. The van der Waals surface area contributed by atoms with E-state index in [9.17, 15) is 9.59 Å². The summed E-state index contributed by atoms with van der Waals surface area (Å²) in [5, 5.41) is 0. The Labute approximate surface area is 123 Å². The highest BCUT2D eigenvalue weighted by molar-refractivity contribution is 5.87. The Morgan fingerprint density at radius 1 is 1.33 bits per heavy atom. The molecule has 0 aliphatic heterocycles. The molecular formula is C16H18N2O3. The molecule has 0 radical (unpaired) electrons. The van der Waals surface area contributed by atoms with Crippen molar-refractivity contribution in [3.8, 4) is 0 Å². The van der Waals surface area contributed by atoms with E-state index in [1.165, 1.54) is 0 Å². The second-order valence-corrected chi connectivity index (χ2v) is 4.94. The van der Waals surface area contributed by atoms with Gasteiger partial charge in [0.15, 0.2) is 0 Å². The second kappa shape index (κ2) is 6.83. The zero-order valence-electron chi connectivity index (χ0n) is 12.0. The Morgan fingerprint density at radius 3 is 2.81 bits per heavy atom. The minimum absolute atomic E-state index is 0.0698. The Balaban J connectivity index is 1.77. The summed E-state index contributed by atoms with van der Waals surface area (Å²) in [6.07, 6.45) is 1.14. The quantitative estimate of drug-likeness (QED) is 0.482. The summed E-state index contributed by atoms with van der Waals surface area (Å²) in [6.45, 7) is 5.32. The number of rotatable bonds is 7. The van der Waals surface area contributed by atoms with Gasteiger partial charge in [0.25, 0.3) is 0 Å². The molecule has 0 amide bonds. The minimum Gasteiger partial charge on any atom is -0.462 e. The van der Waals surface area contributed by atoms with E-state index in [1.807, 2.05) is 24.3 Å². The van der Waals surface area contributed by atoms with Gasteiger partial charge in [-0.3, -0.25) is 4.79 Å². The Kier molecular flexibility index (Phi) is 4.87. The number of aromatic amines is 1. The van der Waals surface area contributed by atoms with Gasteiger partial charge in [0.05, 0.1) is 24.1 Å². The lowest BCUT2D eigenvalue weighted by molar-refractivity contribution is -0.139. The number of ether oxygens (including phenoxy) is 1. The Hall–Kier alpha value is -2.43. The van der Waals surface area contributed by atoms with E-state index < -0.39 is 5.97 Å². The molecule has 0 spiro atoms. The first-order chi connectivity index (χ1) is 10.1. The van der Waals surface area contributed by atoms with Crippen LogP contribution in [0.4, 0.5) is 0 Å². The van der Waals surface area contributed by atoms with E-state index in [1.54, 1.807) is 6.92 Å². The summed E-state index contributed by atoms with van der Waals surface area (Å²) in [6, 6.07) is 7.65. The SMILES string of the molecule is C=C(C)C(=O)OCCCC(=O)Cc1nc2ccccc2[nH]1. The summed E-state index contributed by atoms with van der Waals surface area (Å²) >= 11 is 0. The van der Waals surface area contributed by atoms with Gasteiger partial charge >= 0.3 is 5.97 Å². The number of carbonyl (C=O) groups is 2. The van der Waals surface area contributed by atoms with E-state index >= 15 is 0 Å². The molecule has 1 aromatic heterocycles. The molecule has 0 aliphatic carbocycles. The van der Waals surface area contributed by atoms with Crippen LogP contribution in [0.25, 0.3) is 11.0 Å². The number of nitrogens with one attached hydrogen (secondary N) is 1. The van der Waals surface area contributed by atoms with Crippen LogP contribution in [0, 0.1) is 0 Å². The fourth-order valence-electron chi connectivity index (χ4n) is 1.92. The molecule has 1 N–H and O–H groups in total. The summed E-state index contributed by atoms with van der Waals surface area (Å²) in [4.78, 5) is 30.5. The van der Waals surface area contributed by atoms with Crippen molar-refractivity contribution in [2.24, 2.45) is 0 Å². The minimum atomic E-state index is -0.417. The Bertz CT molecular complexity index is 640. The monoisotopic (exact) mass is 286 g/mol. The molecule has 1 heterocycles. The lowest BCUT2D eigenvalue weighted by Gasteiger charge is -2.03. The summed E-state index contributed by atoms with van der Waals surface area (Å²) in [5.41, 5.74) is 2.15. The van der Waals surface area contributed by atoms with Crippen LogP contribution in [0.3, 0.4) is 0 Å². The van der Waals surface area contributed by atoms with Gasteiger partial charge in [-0.1, -0.05) is 18.7 Å². The maximum absolute atomic E-state index is 11.8. The zero-order valence-corrected chi connectivity index (χ0v) is 12.0. The molecule has 0 unspecified atom stereocenters. The van der Waals surface area contributed by atoms with Crippen LogP contribution >= 0.6 is 0 Å². The third-order valence-corrected chi connectivity index (χ3v) is 2.98. The van der Waals surface area contributed by atoms with Crippen molar-refractivity contribution in [2.45, 2.75) is 26.2 Å². The number of aromatic nitrogens is 2. The molecule has 0 atom stereocenters. The van der Waals surface area contributed by atoms with Gasteiger partial charge in [-0.15, -0.1) is 0 Å². The Morgan fingerprint density at radius 2 is 2.10 bits per heavy atom. The summed E-state index contributed by atoms with van der Waals surface area (Å²) in [7, 11) is 0. The van der Waals surface area contributed by atoms with Gasteiger partial charge in [-0.25, -0.2) is 9.78 Å². The van der Waals surface area contributed by atoms with Crippen molar-refractivity contribution in [1.82, 2.24) is 9.97 Å². The van der Waals surface area contributed by atoms with Crippen molar-refractivity contribution in [2.75, 3.05) is 6.61 Å². The lowest BCUT2D eigenvalue weighted by atomic mass is 10.1. The topological polar surface area (TPSA) is 72.1 Å². The van der Waals surface area contributed by atoms with Crippen molar-refractivity contribution in [3.05, 3.63) is 42.2 Å². The molecule has 0 saturated heterocycles. The van der Waals surface area contributed by atoms with Gasteiger partial charge in [0, 0.05) is 12.0 Å². The van der Waals surface area contributed by atoms with Crippen molar-refractivity contribution >= 4 is 22.8 Å². The first kappa shape index (κ1) is 15.0. The number of carbonyl (C=O) groups excluding carboxylic acids is 2. The second-order valence-electron chi connectivity index (χ2n) is 4.94. The van der Waals surface area contributed by atoms with Gasteiger partial charge in [-0.2, -0.15) is 0 Å². The number of nitrogens with zero attached hydrogens (tertiary/aromatic N) is 1.